The van der Waals surface area contributed by atoms with Gasteiger partial charge < -0.3 is 5.32 Å². The van der Waals surface area contributed by atoms with Crippen molar-refractivity contribution in [1.29, 1.82) is 0 Å². The van der Waals surface area contributed by atoms with E-state index in [0.717, 1.165) is 22.9 Å². The fourth-order valence-corrected chi connectivity index (χ4v) is 5.85. The fraction of sp³-hybridized carbons (Fsp3) is 0.346. The lowest BCUT2D eigenvalue weighted by atomic mass is 9.97. The van der Waals surface area contributed by atoms with E-state index in [1.165, 1.54) is 5.39 Å². The number of sulfonamides is 1. The van der Waals surface area contributed by atoms with Crippen LogP contribution in [0.25, 0.3) is 10.8 Å². The zero-order chi connectivity index (χ0) is 22.4. The second-order valence-electron chi connectivity index (χ2n) is 8.48. The Morgan fingerprint density at radius 2 is 1.56 bits per heavy atom. The molecule has 1 aliphatic heterocycles. The van der Waals surface area contributed by atoms with E-state index >= 15 is 0 Å². The van der Waals surface area contributed by atoms with Crippen molar-refractivity contribution < 1.29 is 13.2 Å². The van der Waals surface area contributed by atoms with Gasteiger partial charge in [0.2, 0.25) is 15.9 Å². The number of fused-ring (bicyclic) bond motifs is 1. The van der Waals surface area contributed by atoms with Crippen molar-refractivity contribution in [3.63, 3.8) is 0 Å². The SMILES string of the molecule is O=C(NCc1ccc2ccccc2c1)C1CCN(S(=O)(=O)CCCc2ccccc2)CC1. The Morgan fingerprint density at radius 3 is 2.31 bits per heavy atom. The van der Waals surface area contributed by atoms with Crippen LogP contribution in [-0.4, -0.2) is 37.5 Å². The van der Waals surface area contributed by atoms with Gasteiger partial charge in [0.25, 0.3) is 0 Å². The molecule has 32 heavy (non-hydrogen) atoms. The second kappa shape index (κ2) is 10.3. The van der Waals surface area contributed by atoms with E-state index in [9.17, 15) is 13.2 Å². The molecular formula is C26H30N2O3S. The maximum Gasteiger partial charge on any atom is 0.223 e. The number of carbonyl (C=O) groups excluding carboxylic acids is 1. The first-order valence-corrected chi connectivity index (χ1v) is 12.9. The second-order valence-corrected chi connectivity index (χ2v) is 10.6. The molecule has 0 radical (unpaired) electrons. The molecule has 0 spiro atoms. The van der Waals surface area contributed by atoms with Crippen LogP contribution in [0.2, 0.25) is 0 Å². The predicted molar refractivity (Wildman–Crippen MR) is 129 cm³/mol. The number of amides is 1. The van der Waals surface area contributed by atoms with Gasteiger partial charge in [0.15, 0.2) is 0 Å². The highest BCUT2D eigenvalue weighted by molar-refractivity contribution is 7.89. The third-order valence-electron chi connectivity index (χ3n) is 6.21. The zero-order valence-corrected chi connectivity index (χ0v) is 19.1. The van der Waals surface area contributed by atoms with Crippen molar-refractivity contribution in [3.05, 3.63) is 83.9 Å². The maximum absolute atomic E-state index is 12.7. The van der Waals surface area contributed by atoms with Crippen LogP contribution in [-0.2, 0) is 27.8 Å². The fourth-order valence-electron chi connectivity index (χ4n) is 4.31. The lowest BCUT2D eigenvalue weighted by Crippen LogP contribution is -2.43. The van der Waals surface area contributed by atoms with E-state index in [4.69, 9.17) is 0 Å². The highest BCUT2D eigenvalue weighted by Crippen LogP contribution is 2.21. The van der Waals surface area contributed by atoms with E-state index in [-0.39, 0.29) is 17.6 Å². The molecule has 1 fully saturated rings. The van der Waals surface area contributed by atoms with E-state index in [1.807, 2.05) is 48.5 Å². The van der Waals surface area contributed by atoms with Gasteiger partial charge in [0, 0.05) is 25.6 Å². The summed E-state index contributed by atoms with van der Waals surface area (Å²) >= 11 is 0. The van der Waals surface area contributed by atoms with Crippen molar-refractivity contribution in [2.75, 3.05) is 18.8 Å². The number of aryl methyl sites for hydroxylation is 1. The number of hydrogen-bond acceptors (Lipinski definition) is 3. The molecule has 4 rings (SSSR count). The van der Waals surface area contributed by atoms with Gasteiger partial charge in [-0.15, -0.1) is 0 Å². The van der Waals surface area contributed by atoms with Crippen molar-refractivity contribution in [1.82, 2.24) is 9.62 Å². The minimum atomic E-state index is -3.28. The number of piperidine rings is 1. The molecule has 168 valence electrons. The molecule has 1 amide bonds. The van der Waals surface area contributed by atoms with Gasteiger partial charge in [-0.2, -0.15) is 0 Å². The highest BCUT2D eigenvalue weighted by Gasteiger charge is 2.30. The molecule has 3 aromatic rings. The Kier molecular flexibility index (Phi) is 7.22. The molecule has 6 heteroatoms. The average molecular weight is 451 g/mol. The summed E-state index contributed by atoms with van der Waals surface area (Å²) in [4.78, 5) is 12.6. The third-order valence-corrected chi connectivity index (χ3v) is 8.17. The van der Waals surface area contributed by atoms with Crippen LogP contribution in [0.4, 0.5) is 0 Å². The van der Waals surface area contributed by atoms with Crippen LogP contribution in [0.5, 0.6) is 0 Å². The summed E-state index contributed by atoms with van der Waals surface area (Å²) in [5.74, 6) is 0.0336. The minimum Gasteiger partial charge on any atom is -0.352 e. The zero-order valence-electron chi connectivity index (χ0n) is 18.2. The molecule has 1 aliphatic rings. The number of carbonyl (C=O) groups is 1. The lowest BCUT2D eigenvalue weighted by molar-refractivity contribution is -0.126. The van der Waals surface area contributed by atoms with E-state index in [2.05, 4.69) is 29.6 Å². The molecule has 1 saturated heterocycles. The first kappa shape index (κ1) is 22.5. The molecule has 0 aromatic heterocycles. The lowest BCUT2D eigenvalue weighted by Gasteiger charge is -2.30. The molecule has 5 nitrogen and oxygen atoms in total. The van der Waals surface area contributed by atoms with E-state index in [0.29, 0.717) is 38.9 Å². The van der Waals surface area contributed by atoms with Crippen molar-refractivity contribution in [2.45, 2.75) is 32.2 Å². The molecule has 0 atom stereocenters. The van der Waals surface area contributed by atoms with Gasteiger partial charge in [-0.25, -0.2) is 12.7 Å². The number of nitrogens with zero attached hydrogens (tertiary/aromatic N) is 1. The summed E-state index contributed by atoms with van der Waals surface area (Å²) in [6, 6.07) is 24.3. The largest absolute Gasteiger partial charge is 0.352 e. The summed E-state index contributed by atoms with van der Waals surface area (Å²) in [5.41, 5.74) is 2.22. The number of rotatable bonds is 8. The van der Waals surface area contributed by atoms with Crippen LogP contribution in [0, 0.1) is 5.92 Å². The van der Waals surface area contributed by atoms with Crippen LogP contribution in [0.15, 0.2) is 72.8 Å². The van der Waals surface area contributed by atoms with Crippen molar-refractivity contribution in [2.24, 2.45) is 5.92 Å². The van der Waals surface area contributed by atoms with Gasteiger partial charge in [0.05, 0.1) is 5.75 Å². The quantitative estimate of drug-likeness (QED) is 0.561. The van der Waals surface area contributed by atoms with E-state index in [1.54, 1.807) is 4.31 Å². The summed E-state index contributed by atoms with van der Waals surface area (Å²) in [5, 5.41) is 5.37. The van der Waals surface area contributed by atoms with Crippen LogP contribution in [0.1, 0.15) is 30.4 Å². The van der Waals surface area contributed by atoms with Gasteiger partial charge in [-0.05, 0) is 53.6 Å². The van der Waals surface area contributed by atoms with Crippen molar-refractivity contribution in [3.8, 4) is 0 Å². The Labute approximate surface area is 190 Å². The molecule has 3 aromatic carbocycles. The summed E-state index contributed by atoms with van der Waals surface area (Å²) < 4.78 is 27.0. The number of nitrogens with one attached hydrogen (secondary N) is 1. The average Bonchev–Trinajstić information content (AvgIpc) is 2.83. The van der Waals surface area contributed by atoms with Crippen LogP contribution < -0.4 is 5.32 Å². The Balaban J connectivity index is 1.23. The number of hydrogen-bond donors (Lipinski definition) is 1. The van der Waals surface area contributed by atoms with Crippen LogP contribution in [0.3, 0.4) is 0 Å². The third kappa shape index (κ3) is 5.75. The summed E-state index contributed by atoms with van der Waals surface area (Å²) in [6.07, 6.45) is 2.51. The molecule has 1 N–H and O–H groups in total. The van der Waals surface area contributed by atoms with Gasteiger partial charge in [-0.1, -0.05) is 66.7 Å². The predicted octanol–water partition coefficient (Wildman–Crippen LogP) is 4.13. The molecule has 0 unspecified atom stereocenters. The molecule has 0 saturated carbocycles. The molecule has 1 heterocycles. The summed E-state index contributed by atoms with van der Waals surface area (Å²) in [7, 11) is -3.28. The van der Waals surface area contributed by atoms with Crippen molar-refractivity contribution >= 4 is 26.7 Å². The Hall–Kier alpha value is -2.70. The first-order valence-electron chi connectivity index (χ1n) is 11.3. The maximum atomic E-state index is 12.7. The Morgan fingerprint density at radius 1 is 0.875 bits per heavy atom. The first-order chi connectivity index (χ1) is 15.5. The molecular weight excluding hydrogens is 420 g/mol. The Bertz CT molecular complexity index is 1150. The topological polar surface area (TPSA) is 66.5 Å². The van der Waals surface area contributed by atoms with Gasteiger partial charge in [0.1, 0.15) is 0 Å². The van der Waals surface area contributed by atoms with Gasteiger partial charge >= 0.3 is 0 Å². The smallest absolute Gasteiger partial charge is 0.223 e. The number of benzene rings is 3. The van der Waals surface area contributed by atoms with Crippen LogP contribution >= 0.6 is 0 Å². The minimum absolute atomic E-state index is 0.0132. The molecule has 0 bridgehead atoms. The highest BCUT2D eigenvalue weighted by atomic mass is 32.2. The summed E-state index contributed by atoms with van der Waals surface area (Å²) in [6.45, 7) is 1.32. The normalized spacial score (nSPS) is 15.6. The monoisotopic (exact) mass is 450 g/mol. The van der Waals surface area contributed by atoms with Gasteiger partial charge in [-0.3, -0.25) is 4.79 Å². The standard InChI is InChI=1S/C26H30N2O3S/c29-26(27-20-22-12-13-23-10-4-5-11-25(23)19-22)24-14-16-28(17-15-24)32(30,31)18-6-9-21-7-2-1-3-8-21/h1-5,7-8,10-13,19,24H,6,9,14-18,20H2,(H,27,29). The molecule has 0 aliphatic carbocycles. The van der Waals surface area contributed by atoms with E-state index < -0.39 is 10.0 Å².